The van der Waals surface area contributed by atoms with Crippen LogP contribution >= 0.6 is 0 Å². The van der Waals surface area contributed by atoms with Crippen molar-refractivity contribution in [3.05, 3.63) is 150 Å². The topological polar surface area (TPSA) is 122 Å². The molecule has 9 rings (SSSR count). The van der Waals surface area contributed by atoms with Crippen LogP contribution in [0.15, 0.2) is 121 Å². The van der Waals surface area contributed by atoms with Gasteiger partial charge in [0.25, 0.3) is 0 Å². The fraction of sp³-hybridized carbons (Fsp3) is 0.545. The van der Waals surface area contributed by atoms with E-state index in [0.29, 0.717) is 19.8 Å². The number of fused-ring (bicyclic) bond motifs is 8. The zero-order valence-corrected chi connectivity index (χ0v) is 67.4. The SMILES string of the molecule is CCCCCCCCCCCCCCCCCCOc1ccc(-c2c3nc(c(-c4ccc(OCCCCCCCCCCCCCCCCCC)cc4)c4ccc([nH]4)c(-c4ccc(C(=O)O)cc4)c4nc(c(-c5ccc(OCCCCCCCCCCCCCCCCCC)cc5)c5ccc2[nH]5)C=C4)C=C3)cc1. The predicted octanol–water partition coefficient (Wildman–Crippen LogP) is 30.9. The van der Waals surface area contributed by atoms with Crippen LogP contribution in [0.1, 0.15) is 362 Å². The Kier molecular flexibility index (Phi) is 39.8. The standard InChI is InChI=1S/C99H138N4O5/c1-4-7-10-13-16-19-22-25-28-31-34-37-40-43-46-49-76-106-84-62-56-80(57-63-84)96-89-70-68-87(100-89)95(79-52-54-83(55-53-79)99(104)105)88-69-71-90(101-88)97(81-58-64-85(65-59-81)107-77-50-47-44-41-38-35-32-29-26-23-20-17-14-11-8-5-2)92-73-75-94(103-92)98(93-74-72-91(96)102-93)82-60-66-86(67-61-82)108-78-51-48-45-42-39-36-33-30-27-24-21-18-15-12-9-6-3/h52-75,100,103H,4-51,76-78H2,1-3H3,(H,104,105). The van der Waals surface area contributed by atoms with Gasteiger partial charge in [0.1, 0.15) is 17.2 Å². The summed E-state index contributed by atoms with van der Waals surface area (Å²) in [5, 5.41) is 10.1. The van der Waals surface area contributed by atoms with Gasteiger partial charge in [-0.15, -0.1) is 0 Å². The van der Waals surface area contributed by atoms with E-state index in [4.69, 9.17) is 24.2 Å². The van der Waals surface area contributed by atoms with E-state index >= 15 is 0 Å². The van der Waals surface area contributed by atoms with Crippen molar-refractivity contribution in [2.75, 3.05) is 19.8 Å². The first-order chi connectivity index (χ1) is 53.4. The van der Waals surface area contributed by atoms with Crippen molar-refractivity contribution in [2.24, 2.45) is 0 Å². The van der Waals surface area contributed by atoms with E-state index in [1.165, 1.54) is 289 Å². The smallest absolute Gasteiger partial charge is 0.335 e. The minimum Gasteiger partial charge on any atom is -0.494 e. The van der Waals surface area contributed by atoms with Crippen molar-refractivity contribution in [1.82, 2.24) is 19.9 Å². The molecule has 0 amide bonds. The van der Waals surface area contributed by atoms with Crippen molar-refractivity contribution in [2.45, 2.75) is 329 Å². The minimum absolute atomic E-state index is 0.221. The summed E-state index contributed by atoms with van der Waals surface area (Å²) in [6, 6.07) is 41.3. The summed E-state index contributed by atoms with van der Waals surface area (Å²) in [4.78, 5) is 31.3. The number of carboxylic acids is 1. The molecule has 0 unspecified atom stereocenters. The molecule has 8 bridgehead atoms. The summed E-state index contributed by atoms with van der Waals surface area (Å²) in [6.45, 7) is 8.97. The van der Waals surface area contributed by atoms with E-state index in [0.717, 1.165) is 126 Å². The molecule has 9 nitrogen and oxygen atoms in total. The summed E-state index contributed by atoms with van der Waals surface area (Å²) in [5.74, 6) is 1.60. The molecule has 584 valence electrons. The maximum atomic E-state index is 12.3. The van der Waals surface area contributed by atoms with Crippen molar-refractivity contribution in [3.8, 4) is 61.8 Å². The van der Waals surface area contributed by atoms with Gasteiger partial charge in [-0.2, -0.15) is 0 Å². The molecule has 0 saturated carbocycles. The number of unbranched alkanes of at least 4 members (excludes halogenated alkanes) is 45. The lowest BCUT2D eigenvalue weighted by atomic mass is 10.0. The summed E-state index contributed by atoms with van der Waals surface area (Å²) in [5.41, 5.74) is 14.5. The van der Waals surface area contributed by atoms with Gasteiger partial charge in [0, 0.05) is 44.3 Å². The average Bonchev–Trinajstić information content (AvgIpc) is 1.62. The maximum Gasteiger partial charge on any atom is 0.335 e. The second-order valence-corrected chi connectivity index (χ2v) is 31.4. The van der Waals surface area contributed by atoms with E-state index in [-0.39, 0.29) is 5.56 Å². The highest BCUT2D eigenvalue weighted by Gasteiger charge is 2.21. The second-order valence-electron chi connectivity index (χ2n) is 31.4. The number of aromatic carboxylic acids is 1. The highest BCUT2D eigenvalue weighted by atomic mass is 16.5. The Morgan fingerprint density at radius 3 is 0.639 bits per heavy atom. The van der Waals surface area contributed by atoms with E-state index in [1.807, 2.05) is 12.1 Å². The van der Waals surface area contributed by atoms with Crippen LogP contribution in [0.25, 0.3) is 90.9 Å². The predicted molar refractivity (Wildman–Crippen MR) is 463 cm³/mol. The lowest BCUT2D eigenvalue weighted by molar-refractivity contribution is 0.0696. The van der Waals surface area contributed by atoms with E-state index in [9.17, 15) is 9.90 Å². The summed E-state index contributed by atoms with van der Waals surface area (Å²) >= 11 is 0. The van der Waals surface area contributed by atoms with E-state index in [1.54, 1.807) is 12.1 Å². The molecule has 0 radical (unpaired) electrons. The molecule has 0 spiro atoms. The number of aromatic nitrogens is 4. The van der Waals surface area contributed by atoms with Gasteiger partial charge >= 0.3 is 5.97 Å². The number of rotatable bonds is 59. The number of benzene rings is 4. The average molecular weight is 1460 g/mol. The Labute approximate surface area is 652 Å². The first-order valence-electron chi connectivity index (χ1n) is 44.1. The number of carbonyl (C=O) groups is 1. The number of hydrogen-bond donors (Lipinski definition) is 3. The van der Waals surface area contributed by atoms with Crippen LogP contribution in [0.4, 0.5) is 0 Å². The number of nitrogens with zero attached hydrogens (tertiary/aromatic N) is 2. The van der Waals surface area contributed by atoms with Crippen LogP contribution in [0.5, 0.6) is 17.2 Å². The van der Waals surface area contributed by atoms with Crippen molar-refractivity contribution < 1.29 is 24.1 Å². The van der Waals surface area contributed by atoms with Gasteiger partial charge in [-0.05, 0) is 139 Å². The number of nitrogens with one attached hydrogen (secondary N) is 2. The molecule has 5 heterocycles. The van der Waals surface area contributed by atoms with Crippen LogP contribution in [-0.4, -0.2) is 50.8 Å². The maximum absolute atomic E-state index is 12.3. The molecular weight excluding hydrogens is 1330 g/mol. The third-order valence-corrected chi connectivity index (χ3v) is 22.4. The molecule has 0 atom stereocenters. The van der Waals surface area contributed by atoms with Gasteiger partial charge in [-0.25, -0.2) is 14.8 Å². The summed E-state index contributed by atoms with van der Waals surface area (Å²) in [7, 11) is 0. The molecule has 0 saturated heterocycles. The Balaban J connectivity index is 0.927. The molecule has 0 fully saturated rings. The van der Waals surface area contributed by atoms with Crippen LogP contribution in [0.2, 0.25) is 0 Å². The third kappa shape index (κ3) is 29.6. The van der Waals surface area contributed by atoms with Crippen LogP contribution < -0.4 is 14.2 Å². The number of carboxylic acid groups (broad SMARTS) is 1. The van der Waals surface area contributed by atoms with Gasteiger partial charge in [-0.1, -0.05) is 358 Å². The number of H-pyrrole nitrogens is 2. The van der Waals surface area contributed by atoms with Crippen LogP contribution in [0.3, 0.4) is 0 Å². The number of hydrogen-bond acceptors (Lipinski definition) is 6. The Morgan fingerprint density at radius 2 is 0.444 bits per heavy atom. The highest BCUT2D eigenvalue weighted by molar-refractivity contribution is 6.00. The third-order valence-electron chi connectivity index (χ3n) is 22.4. The summed E-state index contributed by atoms with van der Waals surface area (Å²) < 4.78 is 19.3. The molecular formula is C99H138N4O5. The first kappa shape index (κ1) is 84.4. The molecule has 3 N–H and O–H groups in total. The molecule has 2 aliphatic heterocycles. The molecule has 9 heteroatoms. The van der Waals surface area contributed by atoms with E-state index in [2.05, 4.69) is 152 Å². The highest BCUT2D eigenvalue weighted by Crippen LogP contribution is 2.40. The Morgan fingerprint density at radius 1 is 0.259 bits per heavy atom. The van der Waals surface area contributed by atoms with Gasteiger partial charge in [0.05, 0.1) is 48.2 Å². The van der Waals surface area contributed by atoms with Crippen LogP contribution in [-0.2, 0) is 0 Å². The monoisotopic (exact) mass is 1460 g/mol. The molecule has 2 aliphatic rings. The molecule has 0 aliphatic carbocycles. The molecule has 7 aromatic rings. The Hall–Kier alpha value is -7.65. The van der Waals surface area contributed by atoms with Gasteiger partial charge in [0.2, 0.25) is 0 Å². The zero-order valence-electron chi connectivity index (χ0n) is 67.4. The fourth-order valence-electron chi connectivity index (χ4n) is 15.9. The van der Waals surface area contributed by atoms with Crippen molar-refractivity contribution >= 4 is 52.3 Å². The largest absolute Gasteiger partial charge is 0.494 e. The van der Waals surface area contributed by atoms with Gasteiger partial charge in [0.15, 0.2) is 0 Å². The fourth-order valence-corrected chi connectivity index (χ4v) is 15.9. The normalized spacial score (nSPS) is 11.9. The van der Waals surface area contributed by atoms with Crippen molar-refractivity contribution in [1.29, 1.82) is 0 Å². The lowest BCUT2D eigenvalue weighted by Gasteiger charge is -2.10. The minimum atomic E-state index is -0.971. The zero-order chi connectivity index (χ0) is 75.1. The number of ether oxygens (including phenoxy) is 3. The molecule has 108 heavy (non-hydrogen) atoms. The van der Waals surface area contributed by atoms with Gasteiger partial charge < -0.3 is 29.3 Å². The molecule has 3 aromatic heterocycles. The first-order valence-corrected chi connectivity index (χ1v) is 44.1. The molecule has 4 aromatic carbocycles. The number of aromatic amines is 2. The summed E-state index contributed by atoms with van der Waals surface area (Å²) in [6.07, 6.45) is 72.9. The Bertz CT molecular complexity index is 3780. The second kappa shape index (κ2) is 50.9. The van der Waals surface area contributed by atoms with E-state index < -0.39 is 5.97 Å². The van der Waals surface area contributed by atoms with Crippen molar-refractivity contribution in [3.63, 3.8) is 0 Å². The quantitative estimate of drug-likeness (QED) is 0.0325. The van der Waals surface area contributed by atoms with Crippen LogP contribution in [0, 0.1) is 0 Å². The van der Waals surface area contributed by atoms with Gasteiger partial charge in [-0.3, -0.25) is 0 Å². The lowest BCUT2D eigenvalue weighted by Crippen LogP contribution is -1.97.